The van der Waals surface area contributed by atoms with Gasteiger partial charge in [0.15, 0.2) is 5.65 Å². The quantitative estimate of drug-likeness (QED) is 0.520. The Labute approximate surface area is 175 Å². The zero-order chi connectivity index (χ0) is 22.0. The molecule has 31 heavy (non-hydrogen) atoms. The number of carbonyl (C=O) groups excluding carboxylic acids is 2. The lowest BCUT2D eigenvalue weighted by Crippen LogP contribution is -2.28. The van der Waals surface area contributed by atoms with Crippen LogP contribution in [0.25, 0.3) is 5.65 Å². The molecule has 0 radical (unpaired) electrons. The van der Waals surface area contributed by atoms with Crippen LogP contribution in [0, 0.1) is 12.7 Å². The van der Waals surface area contributed by atoms with E-state index in [4.69, 9.17) is 0 Å². The van der Waals surface area contributed by atoms with Crippen LogP contribution in [0.1, 0.15) is 15.9 Å². The van der Waals surface area contributed by atoms with Gasteiger partial charge in [0.2, 0.25) is 5.91 Å². The average molecular weight is 419 g/mol. The molecule has 0 aliphatic carbocycles. The molecule has 4 aromatic rings. The third-order valence-corrected chi connectivity index (χ3v) is 4.54. The second kappa shape index (κ2) is 8.23. The van der Waals surface area contributed by atoms with E-state index in [9.17, 15) is 18.8 Å². The highest BCUT2D eigenvalue weighted by Gasteiger charge is 2.14. The molecule has 9 heteroatoms. The smallest absolute Gasteiger partial charge is 0.324 e. The van der Waals surface area contributed by atoms with Crippen LogP contribution in [-0.4, -0.2) is 26.0 Å². The first-order valence-electron chi connectivity index (χ1n) is 9.42. The second-order valence-corrected chi connectivity index (χ2v) is 6.96. The molecule has 156 valence electrons. The maximum absolute atomic E-state index is 13.0. The van der Waals surface area contributed by atoms with Gasteiger partial charge in [-0.25, -0.2) is 18.3 Å². The summed E-state index contributed by atoms with van der Waals surface area (Å²) in [5.41, 5.74) is 2.06. The van der Waals surface area contributed by atoms with Crippen LogP contribution in [0.4, 0.5) is 15.8 Å². The minimum atomic E-state index is -0.561. The zero-order valence-corrected chi connectivity index (χ0v) is 16.5. The van der Waals surface area contributed by atoms with Crippen molar-refractivity contribution in [3.8, 4) is 0 Å². The summed E-state index contributed by atoms with van der Waals surface area (Å²) in [6.45, 7) is 1.59. The van der Waals surface area contributed by atoms with Crippen LogP contribution in [0.3, 0.4) is 0 Å². The summed E-state index contributed by atoms with van der Waals surface area (Å²) in [5.74, 6) is -1.28. The predicted molar refractivity (Wildman–Crippen MR) is 114 cm³/mol. The molecule has 0 aliphatic heterocycles. The van der Waals surface area contributed by atoms with Crippen LogP contribution in [0.2, 0.25) is 0 Å². The molecule has 8 nitrogen and oxygen atoms in total. The van der Waals surface area contributed by atoms with Crippen molar-refractivity contribution < 1.29 is 14.0 Å². The molecule has 0 fully saturated rings. The number of amides is 2. The summed E-state index contributed by atoms with van der Waals surface area (Å²) in [5, 5.41) is 9.47. The monoisotopic (exact) mass is 419 g/mol. The van der Waals surface area contributed by atoms with Gasteiger partial charge in [-0.2, -0.15) is 0 Å². The van der Waals surface area contributed by atoms with Gasteiger partial charge < -0.3 is 10.6 Å². The number of benzene rings is 2. The van der Waals surface area contributed by atoms with Crippen molar-refractivity contribution in [1.29, 1.82) is 0 Å². The van der Waals surface area contributed by atoms with Crippen LogP contribution >= 0.6 is 0 Å². The van der Waals surface area contributed by atoms with Crippen molar-refractivity contribution in [2.45, 2.75) is 13.5 Å². The highest BCUT2D eigenvalue weighted by atomic mass is 19.1. The molecule has 2 aromatic carbocycles. The third-order valence-electron chi connectivity index (χ3n) is 4.54. The van der Waals surface area contributed by atoms with Crippen LogP contribution in [-0.2, 0) is 11.3 Å². The summed E-state index contributed by atoms with van der Waals surface area (Å²) >= 11 is 0. The lowest BCUT2D eigenvalue weighted by atomic mass is 10.2. The predicted octanol–water partition coefficient (Wildman–Crippen LogP) is 2.83. The standard InChI is InChI=1S/C22H18FN5O3/c1-14-3-2-4-18(11-14)25-21(30)15-5-10-19-26-28(22(31)27(19)12-15)13-20(29)24-17-8-6-16(23)7-9-17/h2-12H,13H2,1H3,(H,24,29)(H,25,30). The average Bonchev–Trinajstić information content (AvgIpc) is 3.04. The first kappa shape index (κ1) is 20.0. The van der Waals surface area contributed by atoms with Gasteiger partial charge in [0, 0.05) is 17.6 Å². The molecule has 0 aliphatic rings. The van der Waals surface area contributed by atoms with Gasteiger partial charge in [0.1, 0.15) is 12.4 Å². The van der Waals surface area contributed by atoms with E-state index in [0.717, 1.165) is 10.2 Å². The van der Waals surface area contributed by atoms with Crippen LogP contribution in [0.15, 0.2) is 71.7 Å². The van der Waals surface area contributed by atoms with Gasteiger partial charge >= 0.3 is 5.69 Å². The molecule has 2 N–H and O–H groups in total. The Kier molecular flexibility index (Phi) is 5.31. The number of aromatic nitrogens is 3. The fourth-order valence-electron chi connectivity index (χ4n) is 3.05. The fraction of sp³-hybridized carbons (Fsp3) is 0.0909. The number of pyridine rings is 1. The molecule has 0 atom stereocenters. The Morgan fingerprint density at radius 1 is 1.00 bits per heavy atom. The Bertz CT molecular complexity index is 1340. The van der Waals surface area contributed by atoms with Gasteiger partial charge in [-0.05, 0) is 61.0 Å². The summed E-state index contributed by atoms with van der Waals surface area (Å²) in [4.78, 5) is 37.4. The number of carbonyl (C=O) groups is 2. The minimum absolute atomic E-state index is 0.270. The fourth-order valence-corrected chi connectivity index (χ4v) is 3.05. The lowest BCUT2D eigenvalue weighted by molar-refractivity contribution is -0.117. The molecule has 0 unspecified atom stereocenters. The number of nitrogens with one attached hydrogen (secondary N) is 2. The maximum Gasteiger partial charge on any atom is 0.350 e. The number of hydrogen-bond donors (Lipinski definition) is 2. The van der Waals surface area contributed by atoms with Gasteiger partial charge in [-0.15, -0.1) is 5.10 Å². The van der Waals surface area contributed by atoms with E-state index >= 15 is 0 Å². The number of anilines is 2. The lowest BCUT2D eigenvalue weighted by Gasteiger charge is -2.06. The number of halogens is 1. The van der Waals surface area contributed by atoms with Crippen molar-refractivity contribution in [2.24, 2.45) is 0 Å². The normalized spacial score (nSPS) is 10.8. The Balaban J connectivity index is 1.52. The summed E-state index contributed by atoms with van der Waals surface area (Å²) in [7, 11) is 0. The van der Waals surface area contributed by atoms with Gasteiger partial charge in [-0.1, -0.05) is 12.1 Å². The van der Waals surface area contributed by atoms with Crippen LogP contribution in [0.5, 0.6) is 0 Å². The van der Waals surface area contributed by atoms with Gasteiger partial charge in [0.25, 0.3) is 5.91 Å². The van der Waals surface area contributed by atoms with Crippen molar-refractivity contribution in [3.05, 3.63) is 94.3 Å². The Morgan fingerprint density at radius 2 is 1.77 bits per heavy atom. The zero-order valence-electron chi connectivity index (χ0n) is 16.5. The van der Waals surface area contributed by atoms with Crippen molar-refractivity contribution in [3.63, 3.8) is 0 Å². The molecule has 2 amide bonds. The molecule has 4 rings (SSSR count). The highest BCUT2D eigenvalue weighted by Crippen LogP contribution is 2.12. The molecule has 2 heterocycles. The number of hydrogen-bond acceptors (Lipinski definition) is 4. The van der Waals surface area contributed by atoms with Crippen molar-refractivity contribution in [2.75, 3.05) is 10.6 Å². The second-order valence-electron chi connectivity index (χ2n) is 6.96. The largest absolute Gasteiger partial charge is 0.350 e. The molecule has 0 saturated carbocycles. The van der Waals surface area contributed by atoms with E-state index in [1.807, 2.05) is 25.1 Å². The third kappa shape index (κ3) is 4.50. The molecular formula is C22H18FN5O3. The van der Waals surface area contributed by atoms with E-state index in [-0.39, 0.29) is 18.0 Å². The van der Waals surface area contributed by atoms with Crippen molar-refractivity contribution >= 4 is 28.8 Å². The Hall–Kier alpha value is -4.27. The molecule has 0 spiro atoms. The number of aryl methyl sites for hydroxylation is 1. The molecule has 2 aromatic heterocycles. The van der Waals surface area contributed by atoms with E-state index in [1.54, 1.807) is 12.1 Å². The number of rotatable bonds is 5. The number of nitrogens with zero attached hydrogens (tertiary/aromatic N) is 3. The summed E-state index contributed by atoms with van der Waals surface area (Å²) in [6.07, 6.45) is 1.38. The molecular weight excluding hydrogens is 401 g/mol. The summed E-state index contributed by atoms with van der Waals surface area (Å²) in [6, 6.07) is 15.7. The Morgan fingerprint density at radius 3 is 2.52 bits per heavy atom. The SMILES string of the molecule is Cc1cccc(NC(=O)c2ccc3nn(CC(=O)Nc4ccc(F)cc4)c(=O)n3c2)c1. The van der Waals surface area contributed by atoms with E-state index < -0.39 is 17.4 Å². The highest BCUT2D eigenvalue weighted by molar-refractivity contribution is 6.04. The number of fused-ring (bicyclic) bond motifs is 1. The van der Waals surface area contributed by atoms with E-state index in [2.05, 4.69) is 15.7 Å². The van der Waals surface area contributed by atoms with E-state index in [1.165, 1.54) is 40.9 Å². The van der Waals surface area contributed by atoms with Crippen molar-refractivity contribution in [1.82, 2.24) is 14.2 Å². The molecule has 0 bridgehead atoms. The van der Waals surface area contributed by atoms with E-state index in [0.29, 0.717) is 17.0 Å². The van der Waals surface area contributed by atoms with Gasteiger partial charge in [0.05, 0.1) is 5.56 Å². The minimum Gasteiger partial charge on any atom is -0.324 e. The first-order valence-corrected chi connectivity index (χ1v) is 9.42. The van der Waals surface area contributed by atoms with Gasteiger partial charge in [-0.3, -0.25) is 9.59 Å². The molecule has 0 saturated heterocycles. The topological polar surface area (TPSA) is 97.5 Å². The summed E-state index contributed by atoms with van der Waals surface area (Å²) < 4.78 is 15.2. The maximum atomic E-state index is 13.0. The first-order chi connectivity index (χ1) is 14.9. The van der Waals surface area contributed by atoms with Crippen LogP contribution < -0.4 is 16.3 Å².